The molecular formula is H9AuBiPbSTe. The zero-order valence-corrected chi connectivity index (χ0v) is 19.7. The van der Waals surface area contributed by atoms with Gasteiger partial charge in [-0.25, -0.2) is 0 Å². The van der Waals surface area contributed by atoms with Gasteiger partial charge in [0, 0.05) is 22.4 Å². The Balaban J connectivity index is 0. The van der Waals surface area contributed by atoms with Crippen LogP contribution in [-0.2, 0) is 22.4 Å². The van der Waals surface area contributed by atoms with Crippen LogP contribution in [0.3, 0.4) is 0 Å². The van der Waals surface area contributed by atoms with E-state index < -0.39 is 0 Å². The first-order chi connectivity index (χ1) is 0. The van der Waals surface area contributed by atoms with Crippen molar-refractivity contribution in [3.05, 3.63) is 0 Å². The molecular weight excluding hydrogens is 773 g/mol. The summed E-state index contributed by atoms with van der Waals surface area (Å²) >= 11 is 0. The van der Waals surface area contributed by atoms with Crippen LogP contribution in [0, 0.1) is 0 Å². The molecule has 0 aliphatic heterocycles. The van der Waals surface area contributed by atoms with Gasteiger partial charge in [-0.2, -0.15) is 13.5 Å². The van der Waals surface area contributed by atoms with E-state index in [1.165, 1.54) is 0 Å². The quantitative estimate of drug-likeness (QED) is 0.232. The van der Waals surface area contributed by atoms with Crippen molar-refractivity contribution < 1.29 is 22.4 Å². The molecule has 3 radical (unpaired) electrons. The van der Waals surface area contributed by atoms with Crippen LogP contribution in [0.5, 0.6) is 0 Å². The average Bonchev–Trinajstić information content (AvgIpc) is 0. The second-order valence-electron chi connectivity index (χ2n) is 0. The monoisotopic (exact) mass is 785 g/mol. The van der Waals surface area contributed by atoms with Gasteiger partial charge in [0.05, 0.1) is 0 Å². The van der Waals surface area contributed by atoms with Crippen molar-refractivity contribution in [3.63, 3.8) is 0 Å². The SMILES string of the molecule is S.[Au].[BiH3].[PbH2].[TeH2]. The Morgan fingerprint density at radius 2 is 1.00 bits per heavy atom. The van der Waals surface area contributed by atoms with E-state index in [0.717, 1.165) is 0 Å². The summed E-state index contributed by atoms with van der Waals surface area (Å²) in [5.41, 5.74) is 0. The summed E-state index contributed by atoms with van der Waals surface area (Å²) < 4.78 is 0. The normalized spacial score (nSPS) is 0. The third-order valence-electron chi connectivity index (χ3n) is 0. The van der Waals surface area contributed by atoms with Crippen molar-refractivity contribution in [1.29, 1.82) is 0 Å². The van der Waals surface area contributed by atoms with E-state index in [1.807, 2.05) is 0 Å². The molecule has 0 aromatic rings. The zero-order valence-electron chi connectivity index (χ0n) is 2.72. The van der Waals surface area contributed by atoms with Gasteiger partial charge in [0.25, 0.3) is 0 Å². The summed E-state index contributed by atoms with van der Waals surface area (Å²) in [4.78, 5) is 0. The molecule has 0 aromatic carbocycles. The van der Waals surface area contributed by atoms with E-state index in [4.69, 9.17) is 0 Å². The van der Waals surface area contributed by atoms with Crippen LogP contribution in [0.1, 0.15) is 0 Å². The minimum atomic E-state index is 0. The molecule has 0 unspecified atom stereocenters. The molecule has 0 saturated carbocycles. The molecule has 5 heteroatoms. The number of rotatable bonds is 0. The predicted molar refractivity (Wildman–Crippen MR) is 37.4 cm³/mol. The van der Waals surface area contributed by atoms with Crippen LogP contribution in [0.25, 0.3) is 0 Å². The van der Waals surface area contributed by atoms with Gasteiger partial charge in [0.15, 0.2) is 0 Å². The van der Waals surface area contributed by atoms with Gasteiger partial charge in [0.2, 0.25) is 0 Å². The molecule has 0 N–H and O–H groups in total. The Bertz CT molecular complexity index is 11.6. The molecule has 0 amide bonds. The zero-order chi connectivity index (χ0) is 0. The Morgan fingerprint density at radius 1 is 1.00 bits per heavy atom. The van der Waals surface area contributed by atoms with Crippen LogP contribution >= 0.6 is 13.5 Å². The van der Waals surface area contributed by atoms with Gasteiger partial charge in [-0.1, -0.05) is 0 Å². The molecule has 0 heterocycles. The summed E-state index contributed by atoms with van der Waals surface area (Å²) in [6, 6.07) is 0. The number of hydrogen-bond donors (Lipinski definition) is 0. The molecule has 0 spiro atoms. The van der Waals surface area contributed by atoms with E-state index in [2.05, 4.69) is 0 Å². The van der Waals surface area contributed by atoms with Crippen molar-refractivity contribution in [2.75, 3.05) is 0 Å². The van der Waals surface area contributed by atoms with Crippen LogP contribution in [-0.4, -0.2) is 77.2 Å². The van der Waals surface area contributed by atoms with E-state index in [0.29, 0.717) is 0 Å². The molecule has 5 heavy (non-hydrogen) atoms. The van der Waals surface area contributed by atoms with E-state index in [1.54, 1.807) is 0 Å². The third kappa shape index (κ3) is 18.3. The van der Waals surface area contributed by atoms with Crippen LogP contribution in [0.4, 0.5) is 0 Å². The molecule has 0 aliphatic carbocycles. The van der Waals surface area contributed by atoms with Gasteiger partial charge >= 0.3 is 77.2 Å². The fourth-order valence-electron chi connectivity index (χ4n) is 0. The molecule has 0 atom stereocenters. The maximum atomic E-state index is 0. The van der Waals surface area contributed by atoms with Gasteiger partial charge in [-0.15, -0.1) is 0 Å². The summed E-state index contributed by atoms with van der Waals surface area (Å²) in [5, 5.41) is 0. The topological polar surface area (TPSA) is 0 Å². The van der Waals surface area contributed by atoms with Gasteiger partial charge < -0.3 is 0 Å². The van der Waals surface area contributed by atoms with E-state index in [9.17, 15) is 0 Å². The molecule has 0 aromatic heterocycles. The maximum absolute atomic E-state index is 0. The van der Waals surface area contributed by atoms with Crippen molar-refractivity contribution in [1.82, 2.24) is 0 Å². The van der Waals surface area contributed by atoms with Crippen molar-refractivity contribution in [3.8, 4) is 0 Å². The second kappa shape index (κ2) is 25.3. The van der Waals surface area contributed by atoms with Crippen LogP contribution < -0.4 is 0 Å². The van der Waals surface area contributed by atoms with Gasteiger partial charge in [0.1, 0.15) is 0 Å². The molecule has 0 fully saturated rings. The molecule has 0 bridgehead atoms. The minimum absolute atomic E-state index is 0. The fourth-order valence-corrected chi connectivity index (χ4v) is 0. The first-order valence-electron chi connectivity index (χ1n) is 0. The Labute approximate surface area is 111 Å². The predicted octanol–water partition coefficient (Wildman–Crippen LogP) is -2.91. The molecule has 0 nitrogen and oxygen atoms in total. The van der Waals surface area contributed by atoms with Gasteiger partial charge in [-0.3, -0.25) is 0 Å². The Hall–Kier alpha value is 3.69. The standard InChI is InChI=1S/Au.Bi.Pb.H2S.H2Te.5H/h;;;2*1H2;;;;;. The summed E-state index contributed by atoms with van der Waals surface area (Å²) in [6.07, 6.45) is 0. The molecule has 0 saturated heterocycles. The Morgan fingerprint density at radius 3 is 1.00 bits per heavy atom. The fraction of sp³-hybridized carbons (Fsp3) is 0. The van der Waals surface area contributed by atoms with Crippen LogP contribution in [0.15, 0.2) is 0 Å². The van der Waals surface area contributed by atoms with E-state index >= 15 is 0 Å². The average molecular weight is 782 g/mol. The van der Waals surface area contributed by atoms with Crippen LogP contribution in [0.2, 0.25) is 0 Å². The third-order valence-corrected chi connectivity index (χ3v) is 0. The summed E-state index contributed by atoms with van der Waals surface area (Å²) in [7, 11) is 0. The summed E-state index contributed by atoms with van der Waals surface area (Å²) in [5.74, 6) is 0. The Kier molecular flexibility index (Phi) is 191. The van der Waals surface area contributed by atoms with Gasteiger partial charge in [-0.05, 0) is 0 Å². The molecule has 0 rings (SSSR count). The van der Waals surface area contributed by atoms with E-state index in [-0.39, 0.29) is 113 Å². The molecule has 41 valence electrons. The van der Waals surface area contributed by atoms with Crippen molar-refractivity contribution in [2.24, 2.45) is 0 Å². The van der Waals surface area contributed by atoms with Crippen molar-refractivity contribution in [2.45, 2.75) is 0 Å². The second-order valence-corrected chi connectivity index (χ2v) is 0. The first-order valence-corrected chi connectivity index (χ1v) is 0. The van der Waals surface area contributed by atoms with Crippen molar-refractivity contribution >= 4 is 90.7 Å². The number of hydrogen-bond acceptors (Lipinski definition) is 0. The first kappa shape index (κ1) is 37.8. The summed E-state index contributed by atoms with van der Waals surface area (Å²) in [6.45, 7) is 0. The molecule has 0 aliphatic rings.